The van der Waals surface area contributed by atoms with Crippen LogP contribution in [0.15, 0.2) is 0 Å². The number of hydrogen-bond acceptors (Lipinski definition) is 4. The van der Waals surface area contributed by atoms with Crippen LogP contribution in [0.4, 0.5) is 5.82 Å². The van der Waals surface area contributed by atoms with E-state index < -0.39 is 0 Å². The lowest BCUT2D eigenvalue weighted by molar-refractivity contribution is 0.698. The topological polar surface area (TPSA) is 77.8 Å². The van der Waals surface area contributed by atoms with E-state index in [1.165, 1.54) is 0 Å². The van der Waals surface area contributed by atoms with Crippen molar-refractivity contribution < 1.29 is 0 Å². The van der Waals surface area contributed by atoms with Crippen LogP contribution in [0.5, 0.6) is 0 Å². The molecule has 0 bridgehead atoms. The summed E-state index contributed by atoms with van der Waals surface area (Å²) >= 11 is 0. The highest BCUT2D eigenvalue weighted by Gasteiger charge is 2.17. The summed E-state index contributed by atoms with van der Waals surface area (Å²) in [5.74, 6) is 1.45. The number of hydrogen-bond donors (Lipinski definition) is 2. The molecule has 14 heavy (non-hydrogen) atoms. The third-order valence-corrected chi connectivity index (χ3v) is 2.52. The van der Waals surface area contributed by atoms with Gasteiger partial charge in [-0.1, -0.05) is 0 Å². The second-order valence-corrected chi connectivity index (χ2v) is 3.99. The molecule has 0 radical (unpaired) electrons. The van der Waals surface area contributed by atoms with E-state index in [0.717, 1.165) is 36.3 Å². The summed E-state index contributed by atoms with van der Waals surface area (Å²) in [6, 6.07) is 0.0915. The summed E-state index contributed by atoms with van der Waals surface area (Å²) < 4.78 is 0. The van der Waals surface area contributed by atoms with Crippen LogP contribution in [-0.4, -0.2) is 16.0 Å². The van der Waals surface area contributed by atoms with Crippen LogP contribution in [0.25, 0.3) is 0 Å². The summed E-state index contributed by atoms with van der Waals surface area (Å²) in [4.78, 5) is 8.75. The van der Waals surface area contributed by atoms with Gasteiger partial charge in [0, 0.05) is 23.7 Å². The summed E-state index contributed by atoms with van der Waals surface area (Å²) in [5.41, 5.74) is 13.8. The molecule has 0 aliphatic heterocycles. The van der Waals surface area contributed by atoms with Crippen molar-refractivity contribution in [2.75, 3.05) is 5.73 Å². The van der Waals surface area contributed by atoms with Crippen molar-refractivity contribution in [1.82, 2.24) is 9.97 Å². The van der Waals surface area contributed by atoms with E-state index >= 15 is 0 Å². The molecule has 0 fully saturated rings. The lowest BCUT2D eigenvalue weighted by Gasteiger charge is -2.07. The number of aryl methyl sites for hydroxylation is 1. The number of fused-ring (bicyclic) bond motifs is 1. The van der Waals surface area contributed by atoms with Gasteiger partial charge in [-0.25, -0.2) is 9.97 Å². The van der Waals surface area contributed by atoms with Crippen molar-refractivity contribution in [3.8, 4) is 0 Å². The van der Waals surface area contributed by atoms with E-state index in [2.05, 4.69) is 9.97 Å². The predicted octanol–water partition coefficient (Wildman–Crippen LogP) is 0.437. The van der Waals surface area contributed by atoms with Crippen LogP contribution in [-0.2, 0) is 19.3 Å². The Bertz CT molecular complexity index is 346. The van der Waals surface area contributed by atoms with Gasteiger partial charge in [-0.05, 0) is 26.2 Å². The number of nitrogens with two attached hydrogens (primary N) is 2. The molecule has 0 saturated carbocycles. The standard InChI is InChI=1S/C10H16N4/c1-6(11)5-9-13-8-4-2-3-7(8)10(12)14-9/h6H,2-5,11H2,1H3,(H2,12,13,14). The zero-order valence-corrected chi connectivity index (χ0v) is 8.45. The summed E-state index contributed by atoms with van der Waals surface area (Å²) in [7, 11) is 0. The molecule has 76 valence electrons. The molecule has 0 aromatic carbocycles. The van der Waals surface area contributed by atoms with Crippen LogP contribution in [0, 0.1) is 0 Å². The zero-order valence-electron chi connectivity index (χ0n) is 8.45. The average molecular weight is 192 g/mol. The highest BCUT2D eigenvalue weighted by molar-refractivity contribution is 5.44. The first-order valence-corrected chi connectivity index (χ1v) is 5.06. The first kappa shape index (κ1) is 9.40. The van der Waals surface area contributed by atoms with Crippen molar-refractivity contribution in [1.29, 1.82) is 0 Å². The minimum absolute atomic E-state index is 0.0915. The summed E-state index contributed by atoms with van der Waals surface area (Å²) in [6.07, 6.45) is 3.92. The number of nitrogen functional groups attached to an aromatic ring is 1. The molecule has 4 nitrogen and oxygen atoms in total. The van der Waals surface area contributed by atoms with Crippen molar-refractivity contribution in [2.45, 2.75) is 38.6 Å². The van der Waals surface area contributed by atoms with Crippen molar-refractivity contribution >= 4 is 5.82 Å². The van der Waals surface area contributed by atoms with Crippen LogP contribution >= 0.6 is 0 Å². The Morgan fingerprint density at radius 3 is 2.86 bits per heavy atom. The van der Waals surface area contributed by atoms with Gasteiger partial charge >= 0.3 is 0 Å². The molecule has 4 N–H and O–H groups in total. The fourth-order valence-electron chi connectivity index (χ4n) is 1.89. The Balaban J connectivity index is 2.32. The van der Waals surface area contributed by atoms with Gasteiger partial charge in [0.25, 0.3) is 0 Å². The van der Waals surface area contributed by atoms with Gasteiger partial charge in [0.05, 0.1) is 0 Å². The van der Waals surface area contributed by atoms with Gasteiger partial charge in [0.2, 0.25) is 0 Å². The Hall–Kier alpha value is -1.16. The second-order valence-electron chi connectivity index (χ2n) is 3.99. The van der Waals surface area contributed by atoms with Crippen LogP contribution < -0.4 is 11.5 Å². The molecule has 0 amide bonds. The van der Waals surface area contributed by atoms with Gasteiger partial charge in [0.15, 0.2) is 0 Å². The molecule has 4 heteroatoms. The van der Waals surface area contributed by atoms with Gasteiger partial charge in [-0.3, -0.25) is 0 Å². The smallest absolute Gasteiger partial charge is 0.132 e. The van der Waals surface area contributed by atoms with Gasteiger partial charge in [-0.15, -0.1) is 0 Å². The Kier molecular flexibility index (Phi) is 2.37. The van der Waals surface area contributed by atoms with E-state index in [4.69, 9.17) is 11.5 Å². The van der Waals surface area contributed by atoms with E-state index in [-0.39, 0.29) is 6.04 Å². The number of anilines is 1. The normalized spacial score (nSPS) is 16.7. The maximum absolute atomic E-state index is 5.86. The molecule has 2 rings (SSSR count). The molecule has 0 spiro atoms. The molecule has 1 aliphatic rings. The molecule has 1 aromatic rings. The minimum atomic E-state index is 0.0915. The van der Waals surface area contributed by atoms with E-state index in [9.17, 15) is 0 Å². The quantitative estimate of drug-likeness (QED) is 0.712. The largest absolute Gasteiger partial charge is 0.383 e. The number of nitrogens with zero attached hydrogens (tertiary/aromatic N) is 2. The first-order chi connectivity index (χ1) is 6.66. The number of rotatable bonds is 2. The number of aromatic nitrogens is 2. The molecule has 0 saturated heterocycles. The zero-order chi connectivity index (χ0) is 10.1. The fraction of sp³-hybridized carbons (Fsp3) is 0.600. The van der Waals surface area contributed by atoms with E-state index in [1.54, 1.807) is 0 Å². The molecule has 1 heterocycles. The molecule has 1 unspecified atom stereocenters. The maximum Gasteiger partial charge on any atom is 0.132 e. The minimum Gasteiger partial charge on any atom is -0.383 e. The van der Waals surface area contributed by atoms with Gasteiger partial charge in [0.1, 0.15) is 11.6 Å². The summed E-state index contributed by atoms with van der Waals surface area (Å²) in [5, 5.41) is 0. The highest BCUT2D eigenvalue weighted by atomic mass is 15.0. The molecule has 1 aliphatic carbocycles. The van der Waals surface area contributed by atoms with E-state index in [0.29, 0.717) is 12.2 Å². The Labute approximate surface area is 83.7 Å². The van der Waals surface area contributed by atoms with Gasteiger partial charge < -0.3 is 11.5 Å². The summed E-state index contributed by atoms with van der Waals surface area (Å²) in [6.45, 7) is 1.95. The second kappa shape index (κ2) is 3.53. The van der Waals surface area contributed by atoms with Crippen LogP contribution in [0.2, 0.25) is 0 Å². The average Bonchev–Trinajstić information content (AvgIpc) is 2.50. The lowest BCUT2D eigenvalue weighted by atomic mass is 10.2. The molecule has 1 aromatic heterocycles. The predicted molar refractivity (Wildman–Crippen MR) is 55.8 cm³/mol. The van der Waals surface area contributed by atoms with Crippen molar-refractivity contribution in [3.05, 3.63) is 17.1 Å². The lowest BCUT2D eigenvalue weighted by Crippen LogP contribution is -2.20. The van der Waals surface area contributed by atoms with E-state index in [1.807, 2.05) is 6.92 Å². The fourth-order valence-corrected chi connectivity index (χ4v) is 1.89. The first-order valence-electron chi connectivity index (χ1n) is 5.06. The molecule has 1 atom stereocenters. The molecular weight excluding hydrogens is 176 g/mol. The van der Waals surface area contributed by atoms with Crippen LogP contribution in [0.3, 0.4) is 0 Å². The SMILES string of the molecule is CC(N)Cc1nc(N)c2c(n1)CCC2. The monoisotopic (exact) mass is 192 g/mol. The Morgan fingerprint density at radius 2 is 2.14 bits per heavy atom. The van der Waals surface area contributed by atoms with Crippen molar-refractivity contribution in [3.63, 3.8) is 0 Å². The Morgan fingerprint density at radius 1 is 1.36 bits per heavy atom. The maximum atomic E-state index is 5.86. The van der Waals surface area contributed by atoms with Gasteiger partial charge in [-0.2, -0.15) is 0 Å². The van der Waals surface area contributed by atoms with Crippen LogP contribution in [0.1, 0.15) is 30.4 Å². The third-order valence-electron chi connectivity index (χ3n) is 2.52. The van der Waals surface area contributed by atoms with Crippen molar-refractivity contribution in [2.24, 2.45) is 5.73 Å². The third kappa shape index (κ3) is 1.70. The molecular formula is C10H16N4. The highest BCUT2D eigenvalue weighted by Crippen LogP contribution is 2.24.